The van der Waals surface area contributed by atoms with Gasteiger partial charge in [0.2, 0.25) is 0 Å². The molecule has 0 fully saturated rings. The minimum atomic E-state index is -3.80. The quantitative estimate of drug-likeness (QED) is 0.453. The predicted molar refractivity (Wildman–Crippen MR) is 105 cm³/mol. The second kappa shape index (κ2) is 9.97. The average molecular weight is 418 g/mol. The normalized spacial score (nSPS) is 12.9. The lowest BCUT2D eigenvalue weighted by molar-refractivity contribution is 0.192. The van der Waals surface area contributed by atoms with Crippen molar-refractivity contribution < 1.29 is 27.2 Å². The number of fused-ring (bicyclic) bond motifs is 1. The maximum absolute atomic E-state index is 13.6. The van der Waals surface area contributed by atoms with E-state index in [4.69, 9.17) is 18.1 Å². The minimum Gasteiger partial charge on any atom is -0.308 e. The van der Waals surface area contributed by atoms with Crippen LogP contribution in [0.4, 0.5) is 0 Å². The van der Waals surface area contributed by atoms with E-state index in [1.54, 1.807) is 38.6 Å². The van der Waals surface area contributed by atoms with Crippen LogP contribution in [0.2, 0.25) is 0 Å². The van der Waals surface area contributed by atoms with Crippen LogP contribution in [0.25, 0.3) is 10.9 Å². The number of nitrogens with zero attached hydrogens (tertiary/aromatic N) is 2. The molecule has 0 aliphatic carbocycles. The Labute approximate surface area is 160 Å². The van der Waals surface area contributed by atoms with Gasteiger partial charge in [-0.15, -0.1) is 0 Å². The molecule has 2 aromatic rings. The molecule has 0 N–H and O–H groups in total. The van der Waals surface area contributed by atoms with E-state index in [2.05, 4.69) is 5.10 Å². The standard InChI is InChI=1S/C17H28N2O6P2/c1-5-22-26(20,23-6-2)17(27(21,24-7-3)25-8-4)14-19-16-12-10-9-11-15(16)13-18-19/h9-13,17H,5-8,14H2,1-4H3. The molecule has 2 rings (SSSR count). The van der Waals surface area contributed by atoms with Gasteiger partial charge in [-0.25, -0.2) is 0 Å². The van der Waals surface area contributed by atoms with Crippen molar-refractivity contribution in [3.05, 3.63) is 30.5 Å². The highest BCUT2D eigenvalue weighted by Gasteiger charge is 2.51. The Morgan fingerprint density at radius 3 is 1.85 bits per heavy atom. The molecule has 152 valence electrons. The highest BCUT2D eigenvalue weighted by atomic mass is 31.2. The SMILES string of the molecule is CCOP(=O)(OCC)C(Cn1ncc2ccccc21)P(=O)(OCC)OCC. The minimum absolute atomic E-state index is 0.0159. The first-order valence-electron chi connectivity index (χ1n) is 9.12. The van der Waals surface area contributed by atoms with Crippen molar-refractivity contribution in [2.24, 2.45) is 0 Å². The van der Waals surface area contributed by atoms with E-state index in [-0.39, 0.29) is 33.0 Å². The summed E-state index contributed by atoms with van der Waals surface area (Å²) in [5, 5.41) is 4.14. The van der Waals surface area contributed by atoms with E-state index < -0.39 is 20.6 Å². The zero-order valence-corrected chi connectivity index (χ0v) is 18.0. The Balaban J connectivity index is 2.54. The van der Waals surface area contributed by atoms with Gasteiger partial charge in [0, 0.05) is 5.39 Å². The summed E-state index contributed by atoms with van der Waals surface area (Å²) in [6, 6.07) is 7.59. The van der Waals surface area contributed by atoms with Gasteiger partial charge >= 0.3 is 15.2 Å². The topological polar surface area (TPSA) is 88.9 Å². The summed E-state index contributed by atoms with van der Waals surface area (Å²) in [5.41, 5.74) is 0.821. The highest BCUT2D eigenvalue weighted by molar-refractivity contribution is 7.72. The smallest absolute Gasteiger partial charge is 0.308 e. The summed E-state index contributed by atoms with van der Waals surface area (Å²) in [7, 11) is -7.61. The summed E-state index contributed by atoms with van der Waals surface area (Å²) >= 11 is 0. The molecule has 0 radical (unpaired) electrons. The van der Waals surface area contributed by atoms with Crippen LogP contribution in [0.1, 0.15) is 27.7 Å². The molecule has 10 heteroatoms. The van der Waals surface area contributed by atoms with E-state index in [9.17, 15) is 9.13 Å². The van der Waals surface area contributed by atoms with Crippen molar-refractivity contribution >= 4 is 26.1 Å². The molecule has 8 nitrogen and oxygen atoms in total. The monoisotopic (exact) mass is 418 g/mol. The maximum Gasteiger partial charge on any atom is 0.347 e. The summed E-state index contributed by atoms with van der Waals surface area (Å²) in [6.07, 6.45) is 1.70. The van der Waals surface area contributed by atoms with Gasteiger partial charge in [-0.2, -0.15) is 5.10 Å². The third-order valence-electron chi connectivity index (χ3n) is 3.85. The number of benzene rings is 1. The van der Waals surface area contributed by atoms with Crippen LogP contribution in [-0.4, -0.2) is 41.6 Å². The number of hydrogen-bond donors (Lipinski definition) is 0. The van der Waals surface area contributed by atoms with Gasteiger partial charge in [-0.3, -0.25) is 13.8 Å². The lowest BCUT2D eigenvalue weighted by Gasteiger charge is -2.31. The molecule has 0 aliphatic heterocycles. The summed E-state index contributed by atoms with van der Waals surface area (Å²) in [6.45, 7) is 7.42. The lowest BCUT2D eigenvalue weighted by atomic mass is 10.3. The van der Waals surface area contributed by atoms with Crippen molar-refractivity contribution in [1.82, 2.24) is 9.78 Å². The fraction of sp³-hybridized carbons (Fsp3) is 0.588. The molecule has 0 unspecified atom stereocenters. The molecular formula is C17H28N2O6P2. The molecule has 1 heterocycles. The second-order valence-corrected chi connectivity index (χ2v) is 10.5. The van der Waals surface area contributed by atoms with Gasteiger partial charge in [-0.05, 0) is 33.8 Å². The summed E-state index contributed by atoms with van der Waals surface area (Å²) in [4.78, 5) is 0. The van der Waals surface area contributed by atoms with E-state index in [1.165, 1.54) is 0 Å². The molecule has 0 amide bonds. The Kier molecular flexibility index (Phi) is 8.22. The van der Waals surface area contributed by atoms with Gasteiger partial charge < -0.3 is 18.1 Å². The van der Waals surface area contributed by atoms with Crippen LogP contribution < -0.4 is 0 Å². The zero-order valence-electron chi connectivity index (χ0n) is 16.2. The van der Waals surface area contributed by atoms with Gasteiger partial charge in [0.15, 0.2) is 5.40 Å². The van der Waals surface area contributed by atoms with E-state index in [0.29, 0.717) is 0 Å². The molecule has 27 heavy (non-hydrogen) atoms. The molecule has 0 aliphatic rings. The van der Waals surface area contributed by atoms with Gasteiger partial charge in [-0.1, -0.05) is 18.2 Å². The average Bonchev–Trinajstić information content (AvgIpc) is 3.03. The Hall–Kier alpha value is -1.01. The van der Waals surface area contributed by atoms with Crippen LogP contribution in [0.5, 0.6) is 0 Å². The van der Waals surface area contributed by atoms with Crippen LogP contribution in [0, 0.1) is 0 Å². The molecule has 0 saturated heterocycles. The number of rotatable bonds is 12. The lowest BCUT2D eigenvalue weighted by Crippen LogP contribution is -2.23. The largest absolute Gasteiger partial charge is 0.347 e. The number of hydrogen-bond acceptors (Lipinski definition) is 7. The first-order chi connectivity index (χ1) is 12.9. The third kappa shape index (κ3) is 5.08. The maximum atomic E-state index is 13.6. The predicted octanol–water partition coefficient (Wildman–Crippen LogP) is 4.89. The van der Waals surface area contributed by atoms with Crippen LogP contribution >= 0.6 is 15.2 Å². The fourth-order valence-electron chi connectivity index (χ4n) is 2.84. The Bertz CT molecular complexity index is 775. The van der Waals surface area contributed by atoms with Crippen LogP contribution in [0.15, 0.2) is 30.5 Å². The van der Waals surface area contributed by atoms with Crippen molar-refractivity contribution in [3.63, 3.8) is 0 Å². The van der Waals surface area contributed by atoms with Gasteiger partial charge in [0.05, 0.1) is 44.7 Å². The first-order valence-corrected chi connectivity index (χ1v) is 12.3. The zero-order chi connectivity index (χ0) is 19.9. The number of para-hydroxylation sites is 1. The molecule has 0 atom stereocenters. The molecule has 1 aromatic heterocycles. The van der Waals surface area contributed by atoms with Gasteiger partial charge in [0.25, 0.3) is 0 Å². The Morgan fingerprint density at radius 1 is 0.889 bits per heavy atom. The molecule has 0 bridgehead atoms. The molecular weight excluding hydrogens is 390 g/mol. The first kappa shape index (κ1) is 22.3. The molecule has 0 saturated carbocycles. The fourth-order valence-corrected chi connectivity index (χ4v) is 8.01. The Morgan fingerprint density at radius 2 is 1.37 bits per heavy atom. The van der Waals surface area contributed by atoms with Gasteiger partial charge in [0.1, 0.15) is 0 Å². The second-order valence-electron chi connectivity index (χ2n) is 5.62. The third-order valence-corrected chi connectivity index (χ3v) is 9.81. The van der Waals surface area contributed by atoms with E-state index in [1.807, 2.05) is 24.3 Å². The number of aromatic nitrogens is 2. The summed E-state index contributed by atoms with van der Waals surface area (Å²) in [5.74, 6) is 0. The highest BCUT2D eigenvalue weighted by Crippen LogP contribution is 2.70. The summed E-state index contributed by atoms with van der Waals surface area (Å²) < 4.78 is 50.7. The molecule has 0 spiro atoms. The van der Waals surface area contributed by atoms with E-state index >= 15 is 0 Å². The van der Waals surface area contributed by atoms with E-state index in [0.717, 1.165) is 10.9 Å². The van der Waals surface area contributed by atoms with Crippen LogP contribution in [0.3, 0.4) is 0 Å². The van der Waals surface area contributed by atoms with Crippen molar-refractivity contribution in [1.29, 1.82) is 0 Å². The van der Waals surface area contributed by atoms with Crippen molar-refractivity contribution in [2.75, 3.05) is 26.4 Å². The van der Waals surface area contributed by atoms with Crippen molar-refractivity contribution in [3.8, 4) is 0 Å². The van der Waals surface area contributed by atoms with Crippen molar-refractivity contribution in [2.45, 2.75) is 39.6 Å². The molecule has 1 aromatic carbocycles. The van der Waals surface area contributed by atoms with Crippen LogP contribution in [-0.2, 0) is 33.8 Å².